The molecule has 0 aliphatic rings. The van der Waals surface area contributed by atoms with Gasteiger partial charge in [0, 0.05) is 5.02 Å². The lowest BCUT2D eigenvalue weighted by Crippen LogP contribution is -2.21. The molecule has 126 valence electrons. The Bertz CT molecular complexity index is 955. The zero-order chi connectivity index (χ0) is 17.8. The number of nitrogens with one attached hydrogen (secondary N) is 1. The van der Waals surface area contributed by atoms with Crippen LogP contribution in [0.1, 0.15) is 10.4 Å². The molecule has 2 N–H and O–H groups in total. The van der Waals surface area contributed by atoms with Gasteiger partial charge in [-0.15, -0.1) is 0 Å². The summed E-state index contributed by atoms with van der Waals surface area (Å²) in [6.45, 7) is -0.236. The molecule has 0 aliphatic carbocycles. The molecule has 0 saturated carbocycles. The van der Waals surface area contributed by atoms with Crippen LogP contribution in [0, 0.1) is 0 Å². The second kappa shape index (κ2) is 7.23. The lowest BCUT2D eigenvalue weighted by molar-refractivity contribution is -0.118. The number of hydrogen-bond donors (Lipinski definition) is 2. The first-order chi connectivity index (χ1) is 12.0. The number of amides is 1. The van der Waals surface area contributed by atoms with E-state index in [4.69, 9.17) is 16.3 Å². The molecule has 3 aromatic carbocycles. The number of halogens is 1. The van der Waals surface area contributed by atoms with E-state index in [1.807, 2.05) is 36.4 Å². The fourth-order valence-corrected chi connectivity index (χ4v) is 2.57. The standard InChI is InChI=1S/C19H14ClNO4/c20-14-6-8-17(16(10-14)19(23)24)21-18(22)11-25-15-7-5-12-3-1-2-4-13(12)9-15/h1-10H,11H2,(H,21,22)(H,23,24). The number of anilines is 1. The van der Waals surface area contributed by atoms with Crippen LogP contribution in [0.5, 0.6) is 5.75 Å². The Hall–Kier alpha value is -3.05. The normalized spacial score (nSPS) is 10.4. The number of hydrogen-bond acceptors (Lipinski definition) is 3. The quantitative estimate of drug-likeness (QED) is 0.718. The average Bonchev–Trinajstić information content (AvgIpc) is 2.61. The minimum absolute atomic E-state index is 0.0773. The maximum atomic E-state index is 12.0. The fourth-order valence-electron chi connectivity index (χ4n) is 2.39. The van der Waals surface area contributed by atoms with E-state index in [0.29, 0.717) is 5.75 Å². The van der Waals surface area contributed by atoms with Crippen LogP contribution < -0.4 is 10.1 Å². The molecule has 0 aromatic heterocycles. The Kier molecular flexibility index (Phi) is 4.86. The van der Waals surface area contributed by atoms with Crippen molar-refractivity contribution in [3.63, 3.8) is 0 Å². The minimum Gasteiger partial charge on any atom is -0.484 e. The molecule has 3 rings (SSSR count). The number of rotatable bonds is 5. The van der Waals surface area contributed by atoms with Crippen molar-refractivity contribution in [1.82, 2.24) is 0 Å². The molecule has 0 aliphatic heterocycles. The summed E-state index contributed by atoms with van der Waals surface area (Å²) in [5, 5.41) is 14.1. The van der Waals surface area contributed by atoms with Crippen molar-refractivity contribution in [3.8, 4) is 5.75 Å². The minimum atomic E-state index is -1.17. The van der Waals surface area contributed by atoms with E-state index in [0.717, 1.165) is 10.8 Å². The largest absolute Gasteiger partial charge is 0.484 e. The van der Waals surface area contributed by atoms with E-state index < -0.39 is 11.9 Å². The summed E-state index contributed by atoms with van der Waals surface area (Å²) in [6, 6.07) is 17.6. The van der Waals surface area contributed by atoms with Gasteiger partial charge in [0.1, 0.15) is 5.75 Å². The maximum Gasteiger partial charge on any atom is 0.337 e. The van der Waals surface area contributed by atoms with Crippen LogP contribution in [0.2, 0.25) is 5.02 Å². The van der Waals surface area contributed by atoms with Crippen LogP contribution >= 0.6 is 11.6 Å². The van der Waals surface area contributed by atoms with Gasteiger partial charge >= 0.3 is 5.97 Å². The van der Waals surface area contributed by atoms with Crippen molar-refractivity contribution >= 4 is 39.9 Å². The monoisotopic (exact) mass is 355 g/mol. The predicted molar refractivity (Wildman–Crippen MR) is 96.5 cm³/mol. The van der Waals surface area contributed by atoms with Crippen LogP contribution in [-0.4, -0.2) is 23.6 Å². The number of carboxylic acid groups (broad SMARTS) is 1. The summed E-state index contributed by atoms with van der Waals surface area (Å²) in [5.74, 6) is -1.07. The van der Waals surface area contributed by atoms with Crippen molar-refractivity contribution < 1.29 is 19.4 Å². The summed E-state index contributed by atoms with van der Waals surface area (Å²) in [7, 11) is 0. The number of aromatic carboxylic acids is 1. The smallest absolute Gasteiger partial charge is 0.337 e. The van der Waals surface area contributed by atoms with Gasteiger partial charge in [-0.05, 0) is 41.1 Å². The summed E-state index contributed by atoms with van der Waals surface area (Å²) in [5.41, 5.74) is 0.0931. The van der Waals surface area contributed by atoms with Crippen molar-refractivity contribution in [3.05, 3.63) is 71.2 Å². The molecule has 3 aromatic rings. The summed E-state index contributed by atoms with van der Waals surface area (Å²) in [4.78, 5) is 23.3. The molecule has 0 unspecified atom stereocenters. The van der Waals surface area contributed by atoms with Gasteiger partial charge in [0.25, 0.3) is 5.91 Å². The molecular formula is C19H14ClNO4. The molecule has 0 atom stereocenters. The van der Waals surface area contributed by atoms with Gasteiger partial charge in [-0.3, -0.25) is 4.79 Å². The van der Waals surface area contributed by atoms with E-state index in [1.165, 1.54) is 18.2 Å². The van der Waals surface area contributed by atoms with E-state index in [-0.39, 0.29) is 22.9 Å². The number of ether oxygens (including phenoxy) is 1. The maximum absolute atomic E-state index is 12.0. The lowest BCUT2D eigenvalue weighted by atomic mass is 10.1. The third-order valence-corrected chi connectivity index (χ3v) is 3.81. The second-order valence-corrected chi connectivity index (χ2v) is 5.78. The van der Waals surface area contributed by atoms with E-state index in [2.05, 4.69) is 5.32 Å². The van der Waals surface area contributed by atoms with Crippen molar-refractivity contribution in [2.24, 2.45) is 0 Å². The highest BCUT2D eigenvalue weighted by molar-refractivity contribution is 6.31. The molecule has 0 spiro atoms. The number of carbonyl (C=O) groups excluding carboxylic acids is 1. The van der Waals surface area contributed by atoms with Gasteiger partial charge in [0.15, 0.2) is 6.61 Å². The second-order valence-electron chi connectivity index (χ2n) is 5.34. The van der Waals surface area contributed by atoms with Crippen LogP contribution in [0.3, 0.4) is 0 Å². The predicted octanol–water partition coefficient (Wildman–Crippen LogP) is 4.21. The highest BCUT2D eigenvalue weighted by Crippen LogP contribution is 2.22. The number of fused-ring (bicyclic) bond motifs is 1. The Morgan fingerprint density at radius 1 is 1.00 bits per heavy atom. The molecule has 0 bridgehead atoms. The Morgan fingerprint density at radius 2 is 1.76 bits per heavy atom. The number of carbonyl (C=O) groups is 2. The van der Waals surface area contributed by atoms with Gasteiger partial charge < -0.3 is 15.2 Å². The SMILES string of the molecule is O=C(COc1ccc2ccccc2c1)Nc1ccc(Cl)cc1C(=O)O. The van der Waals surface area contributed by atoms with Crippen LogP contribution in [-0.2, 0) is 4.79 Å². The van der Waals surface area contributed by atoms with Gasteiger partial charge in [0.05, 0.1) is 11.3 Å². The average molecular weight is 356 g/mol. The molecule has 25 heavy (non-hydrogen) atoms. The van der Waals surface area contributed by atoms with E-state index in [1.54, 1.807) is 6.07 Å². The van der Waals surface area contributed by atoms with Crippen molar-refractivity contribution in [2.75, 3.05) is 11.9 Å². The molecule has 1 amide bonds. The van der Waals surface area contributed by atoms with Crippen LogP contribution in [0.25, 0.3) is 10.8 Å². The summed E-state index contributed by atoms with van der Waals surface area (Å²) in [6.07, 6.45) is 0. The van der Waals surface area contributed by atoms with E-state index >= 15 is 0 Å². The highest BCUT2D eigenvalue weighted by atomic mass is 35.5. The third kappa shape index (κ3) is 4.08. The van der Waals surface area contributed by atoms with Gasteiger partial charge in [-0.1, -0.05) is 41.9 Å². The Labute approximate surface area is 148 Å². The summed E-state index contributed by atoms with van der Waals surface area (Å²) >= 11 is 5.79. The van der Waals surface area contributed by atoms with Gasteiger partial charge in [-0.2, -0.15) is 0 Å². The first kappa shape index (κ1) is 16.8. The van der Waals surface area contributed by atoms with Crippen LogP contribution in [0.15, 0.2) is 60.7 Å². The molecule has 0 saturated heterocycles. The first-order valence-electron chi connectivity index (χ1n) is 7.47. The fraction of sp³-hybridized carbons (Fsp3) is 0.0526. The molecule has 6 heteroatoms. The van der Waals surface area contributed by atoms with E-state index in [9.17, 15) is 14.7 Å². The van der Waals surface area contributed by atoms with Crippen molar-refractivity contribution in [1.29, 1.82) is 0 Å². The molecular weight excluding hydrogens is 342 g/mol. The molecule has 5 nitrogen and oxygen atoms in total. The topological polar surface area (TPSA) is 75.6 Å². The highest BCUT2D eigenvalue weighted by Gasteiger charge is 2.13. The molecule has 0 heterocycles. The Balaban J connectivity index is 1.67. The van der Waals surface area contributed by atoms with Gasteiger partial charge in [0.2, 0.25) is 0 Å². The zero-order valence-electron chi connectivity index (χ0n) is 13.0. The lowest BCUT2D eigenvalue weighted by Gasteiger charge is -2.10. The third-order valence-electron chi connectivity index (χ3n) is 3.58. The Morgan fingerprint density at radius 3 is 2.52 bits per heavy atom. The molecule has 0 fully saturated rings. The number of carboxylic acids is 1. The van der Waals surface area contributed by atoms with Gasteiger partial charge in [-0.25, -0.2) is 4.79 Å². The first-order valence-corrected chi connectivity index (χ1v) is 7.85. The summed E-state index contributed by atoms with van der Waals surface area (Å²) < 4.78 is 5.49. The molecule has 0 radical (unpaired) electrons. The number of benzene rings is 3. The van der Waals surface area contributed by atoms with Crippen LogP contribution in [0.4, 0.5) is 5.69 Å². The van der Waals surface area contributed by atoms with Crippen molar-refractivity contribution in [2.45, 2.75) is 0 Å². The zero-order valence-corrected chi connectivity index (χ0v) is 13.8.